The van der Waals surface area contributed by atoms with E-state index in [0.29, 0.717) is 23.8 Å². The van der Waals surface area contributed by atoms with E-state index in [1.54, 1.807) is 0 Å². The van der Waals surface area contributed by atoms with Crippen molar-refractivity contribution in [3.8, 4) is 6.07 Å². The summed E-state index contributed by atoms with van der Waals surface area (Å²) in [4.78, 5) is 24.5. The molecule has 1 heterocycles. The normalized spacial score (nSPS) is 19.7. The summed E-state index contributed by atoms with van der Waals surface area (Å²) in [7, 11) is 0. The number of hydrogen-bond acceptors (Lipinski definition) is 4. The first-order chi connectivity index (χ1) is 13.0. The second-order valence-electron chi connectivity index (χ2n) is 7.49. The van der Waals surface area contributed by atoms with Crippen LogP contribution in [-0.4, -0.2) is 23.1 Å². The Kier molecular flexibility index (Phi) is 6.00. The summed E-state index contributed by atoms with van der Waals surface area (Å²) in [5.74, 6) is -0.346. The van der Waals surface area contributed by atoms with Crippen molar-refractivity contribution in [3.63, 3.8) is 0 Å². The topological polar surface area (TPSA) is 84.1 Å². The molecule has 1 aromatic heterocycles. The monoisotopic (exact) mass is 369 g/mol. The van der Waals surface area contributed by atoms with Gasteiger partial charge in [-0.15, -0.1) is 0 Å². The summed E-state index contributed by atoms with van der Waals surface area (Å²) in [6.07, 6.45) is 10.7. The van der Waals surface area contributed by atoms with E-state index >= 15 is 0 Å². The minimum absolute atomic E-state index is 0.163. The van der Waals surface area contributed by atoms with Crippen molar-refractivity contribution in [2.45, 2.75) is 64.8 Å². The van der Waals surface area contributed by atoms with E-state index in [4.69, 9.17) is 4.74 Å². The van der Waals surface area contributed by atoms with E-state index < -0.39 is 5.91 Å². The van der Waals surface area contributed by atoms with Crippen LogP contribution in [0.3, 0.4) is 0 Å². The molecule has 1 fully saturated rings. The smallest absolute Gasteiger partial charge is 0.309 e. The van der Waals surface area contributed by atoms with Crippen LogP contribution >= 0.6 is 0 Å². The van der Waals surface area contributed by atoms with Gasteiger partial charge in [-0.3, -0.25) is 9.59 Å². The lowest BCUT2D eigenvalue weighted by atomic mass is 9.95. The number of carbonyl (C=O) groups excluding carboxylic acids is 2. The molecule has 2 aliphatic rings. The Morgan fingerprint density at radius 1 is 1.26 bits per heavy atom. The molecule has 0 radical (unpaired) electrons. The Labute approximate surface area is 160 Å². The molecule has 144 valence electrons. The number of nitriles is 1. The molecular formula is C21H27N3O3. The van der Waals surface area contributed by atoms with Gasteiger partial charge in [-0.2, -0.15) is 5.26 Å². The van der Waals surface area contributed by atoms with Crippen LogP contribution in [0.5, 0.6) is 0 Å². The summed E-state index contributed by atoms with van der Waals surface area (Å²) >= 11 is 0. The lowest BCUT2D eigenvalue weighted by Gasteiger charge is -2.20. The number of esters is 1. The second-order valence-corrected chi connectivity index (χ2v) is 7.49. The molecule has 0 bridgehead atoms. The van der Waals surface area contributed by atoms with Gasteiger partial charge in [0.05, 0.1) is 11.5 Å². The number of rotatable bonds is 5. The molecule has 0 aromatic carbocycles. The Bertz CT molecular complexity index is 795. The molecule has 1 N–H and O–H groups in total. The van der Waals surface area contributed by atoms with Crippen molar-refractivity contribution >= 4 is 17.7 Å². The number of anilines is 1. The lowest BCUT2D eigenvalue weighted by molar-refractivity contribution is -0.151. The van der Waals surface area contributed by atoms with Crippen LogP contribution in [0, 0.1) is 31.1 Å². The highest BCUT2D eigenvalue weighted by Gasteiger charge is 2.27. The highest BCUT2D eigenvalue weighted by Crippen LogP contribution is 2.37. The molecule has 0 aliphatic heterocycles. The zero-order chi connectivity index (χ0) is 19.4. The molecular weight excluding hydrogens is 342 g/mol. The zero-order valence-corrected chi connectivity index (χ0v) is 16.1. The summed E-state index contributed by atoms with van der Waals surface area (Å²) in [6.45, 7) is 3.57. The molecule has 1 amide bonds. The van der Waals surface area contributed by atoms with Gasteiger partial charge in [-0.05, 0) is 51.5 Å². The third-order valence-electron chi connectivity index (χ3n) is 5.76. The van der Waals surface area contributed by atoms with Gasteiger partial charge in [0.1, 0.15) is 11.9 Å². The summed E-state index contributed by atoms with van der Waals surface area (Å²) in [5.41, 5.74) is 2.40. The molecule has 2 aliphatic carbocycles. The Hall–Kier alpha value is -2.55. The van der Waals surface area contributed by atoms with Crippen molar-refractivity contribution in [1.29, 1.82) is 5.26 Å². The Morgan fingerprint density at radius 2 is 2.00 bits per heavy atom. The van der Waals surface area contributed by atoms with Crippen molar-refractivity contribution in [2.75, 3.05) is 11.9 Å². The highest BCUT2D eigenvalue weighted by molar-refractivity contribution is 5.94. The van der Waals surface area contributed by atoms with E-state index in [9.17, 15) is 14.9 Å². The number of ether oxygens (including phenoxy) is 1. The van der Waals surface area contributed by atoms with Crippen LogP contribution in [0.4, 0.5) is 5.82 Å². The van der Waals surface area contributed by atoms with Crippen molar-refractivity contribution in [1.82, 2.24) is 4.57 Å². The molecule has 1 saturated carbocycles. The standard InChI is InChI=1S/C21H27N3O3/c1-14-15(2)24(17-10-6-7-11-17)20(18(14)12-22)23-19(25)13-27-21(26)16-8-4-3-5-9-16/h3-4,16-17H,5-11,13H2,1-2H3,(H,23,25). The highest BCUT2D eigenvalue weighted by atomic mass is 16.5. The molecule has 6 nitrogen and oxygen atoms in total. The van der Waals surface area contributed by atoms with Crippen molar-refractivity contribution < 1.29 is 14.3 Å². The molecule has 1 atom stereocenters. The maximum Gasteiger partial charge on any atom is 0.309 e. The molecule has 0 saturated heterocycles. The molecule has 3 rings (SSSR count). The van der Waals surface area contributed by atoms with Gasteiger partial charge in [0, 0.05) is 11.7 Å². The van der Waals surface area contributed by atoms with Crippen LogP contribution in [0.1, 0.15) is 67.8 Å². The van der Waals surface area contributed by atoms with Crippen LogP contribution in [0.25, 0.3) is 0 Å². The van der Waals surface area contributed by atoms with E-state index in [2.05, 4.69) is 22.0 Å². The van der Waals surface area contributed by atoms with Crippen LogP contribution < -0.4 is 5.32 Å². The SMILES string of the molecule is Cc1c(C#N)c(NC(=O)COC(=O)C2CC=CCC2)n(C2CCCC2)c1C. The number of amides is 1. The molecule has 1 unspecified atom stereocenters. The average molecular weight is 369 g/mol. The van der Waals surface area contributed by atoms with Gasteiger partial charge in [0.2, 0.25) is 0 Å². The molecule has 6 heteroatoms. The zero-order valence-electron chi connectivity index (χ0n) is 16.1. The van der Waals surface area contributed by atoms with Crippen molar-refractivity contribution in [2.24, 2.45) is 5.92 Å². The number of allylic oxidation sites excluding steroid dienone is 2. The fourth-order valence-corrected chi connectivity index (χ4v) is 4.14. The quantitative estimate of drug-likeness (QED) is 0.629. The fraction of sp³-hybridized carbons (Fsp3) is 0.571. The first-order valence-corrected chi connectivity index (χ1v) is 9.76. The predicted molar refractivity (Wildman–Crippen MR) is 102 cm³/mol. The minimum atomic E-state index is -0.400. The van der Waals surface area contributed by atoms with Crippen LogP contribution in [0.15, 0.2) is 12.2 Å². The maximum absolute atomic E-state index is 12.4. The van der Waals surface area contributed by atoms with Crippen LogP contribution in [-0.2, 0) is 14.3 Å². The van der Waals surface area contributed by atoms with E-state index in [1.807, 2.05) is 19.9 Å². The van der Waals surface area contributed by atoms with Gasteiger partial charge in [-0.25, -0.2) is 0 Å². The molecule has 1 aromatic rings. The van der Waals surface area contributed by atoms with Gasteiger partial charge < -0.3 is 14.6 Å². The van der Waals surface area contributed by atoms with E-state index in [-0.39, 0.29) is 18.5 Å². The molecule has 0 spiro atoms. The van der Waals surface area contributed by atoms with E-state index in [1.165, 1.54) is 0 Å². The Balaban J connectivity index is 1.69. The third-order valence-corrected chi connectivity index (χ3v) is 5.76. The fourth-order valence-electron chi connectivity index (χ4n) is 4.14. The summed E-state index contributed by atoms with van der Waals surface area (Å²) in [6, 6.07) is 2.52. The number of nitrogens with one attached hydrogen (secondary N) is 1. The largest absolute Gasteiger partial charge is 0.455 e. The Morgan fingerprint density at radius 3 is 2.63 bits per heavy atom. The number of aromatic nitrogens is 1. The second kappa shape index (κ2) is 8.43. The third kappa shape index (κ3) is 4.08. The first kappa shape index (κ1) is 19.2. The number of nitrogens with zero attached hydrogens (tertiary/aromatic N) is 2. The van der Waals surface area contributed by atoms with Crippen LogP contribution in [0.2, 0.25) is 0 Å². The van der Waals surface area contributed by atoms with Gasteiger partial charge in [0.25, 0.3) is 5.91 Å². The number of hydrogen-bond donors (Lipinski definition) is 1. The van der Waals surface area contributed by atoms with E-state index in [0.717, 1.165) is 49.8 Å². The van der Waals surface area contributed by atoms with Gasteiger partial charge >= 0.3 is 5.97 Å². The van der Waals surface area contributed by atoms with Gasteiger partial charge in [-0.1, -0.05) is 25.0 Å². The number of carbonyl (C=O) groups is 2. The molecule has 27 heavy (non-hydrogen) atoms. The van der Waals surface area contributed by atoms with Gasteiger partial charge in [0.15, 0.2) is 6.61 Å². The summed E-state index contributed by atoms with van der Waals surface area (Å²) in [5, 5.41) is 12.4. The summed E-state index contributed by atoms with van der Waals surface area (Å²) < 4.78 is 7.30. The lowest BCUT2D eigenvalue weighted by Crippen LogP contribution is -2.26. The average Bonchev–Trinajstić information content (AvgIpc) is 3.28. The van der Waals surface area contributed by atoms with Crippen molar-refractivity contribution in [3.05, 3.63) is 29.0 Å². The minimum Gasteiger partial charge on any atom is -0.455 e. The first-order valence-electron chi connectivity index (χ1n) is 9.76. The predicted octanol–water partition coefficient (Wildman–Crippen LogP) is 3.93. The maximum atomic E-state index is 12.4.